The Hall–Kier alpha value is -1.27. The van der Waals surface area contributed by atoms with Crippen molar-refractivity contribution in [2.45, 2.75) is 31.6 Å². The third kappa shape index (κ3) is 3.93. The molecule has 4 nitrogen and oxygen atoms in total. The number of ether oxygens (including phenoxy) is 1. The minimum Gasteiger partial charge on any atom is -0.373 e. The van der Waals surface area contributed by atoms with E-state index >= 15 is 0 Å². The Morgan fingerprint density at radius 3 is 2.68 bits per heavy atom. The molecule has 0 bridgehead atoms. The maximum Gasteiger partial charge on any atom is 0.0794 e. The first-order chi connectivity index (χ1) is 10.9. The number of nitrogens with zero attached hydrogens (tertiary/aromatic N) is 2. The smallest absolute Gasteiger partial charge is 0.0794 e. The number of benzene rings is 1. The lowest BCUT2D eigenvalue weighted by molar-refractivity contribution is -0.0103. The quantitative estimate of drug-likeness (QED) is 0.890. The second-order valence-electron chi connectivity index (χ2n) is 5.69. The molecule has 0 saturated carbocycles. The van der Waals surface area contributed by atoms with E-state index in [1.54, 1.807) is 11.3 Å². The van der Waals surface area contributed by atoms with E-state index in [9.17, 15) is 0 Å². The Morgan fingerprint density at radius 2 is 2.05 bits per heavy atom. The van der Waals surface area contributed by atoms with Gasteiger partial charge in [-0.25, -0.2) is 0 Å². The fourth-order valence-corrected chi connectivity index (χ4v) is 3.75. The minimum absolute atomic E-state index is 0.308. The average molecular weight is 317 g/mol. The van der Waals surface area contributed by atoms with Gasteiger partial charge in [-0.1, -0.05) is 30.3 Å². The molecule has 1 atom stereocenters. The molecule has 2 heterocycles. The first-order valence-corrected chi connectivity index (χ1v) is 8.73. The molecule has 1 aliphatic rings. The van der Waals surface area contributed by atoms with Gasteiger partial charge in [-0.05, 0) is 18.4 Å². The molecule has 22 heavy (non-hydrogen) atoms. The van der Waals surface area contributed by atoms with Crippen LogP contribution in [0.1, 0.15) is 29.3 Å². The molecule has 1 aromatic heterocycles. The van der Waals surface area contributed by atoms with Crippen molar-refractivity contribution in [2.24, 2.45) is 5.73 Å². The van der Waals surface area contributed by atoms with Crippen LogP contribution in [-0.4, -0.2) is 35.6 Å². The Labute approximate surface area is 135 Å². The van der Waals surface area contributed by atoms with Gasteiger partial charge in [-0.2, -0.15) is 0 Å². The zero-order valence-corrected chi connectivity index (χ0v) is 13.5. The summed E-state index contributed by atoms with van der Waals surface area (Å²) in [5.74, 6) is 0. The van der Waals surface area contributed by atoms with Gasteiger partial charge in [0, 0.05) is 30.7 Å². The number of piperidine rings is 1. The highest BCUT2D eigenvalue weighted by atomic mass is 32.1. The molecule has 0 aliphatic carbocycles. The molecule has 5 heteroatoms. The molecule has 2 aromatic rings. The SMILES string of the molecule is NCC(c1cncs1)N1CCC(OCc2ccccc2)CC1. The van der Waals surface area contributed by atoms with Crippen molar-refractivity contribution in [3.63, 3.8) is 0 Å². The third-order valence-electron chi connectivity index (χ3n) is 4.25. The summed E-state index contributed by atoms with van der Waals surface area (Å²) in [7, 11) is 0. The van der Waals surface area contributed by atoms with Crippen LogP contribution in [-0.2, 0) is 11.3 Å². The average Bonchev–Trinajstić information content (AvgIpc) is 3.10. The van der Waals surface area contributed by atoms with Crippen LogP contribution in [0.25, 0.3) is 0 Å². The first kappa shape index (κ1) is 15.6. The van der Waals surface area contributed by atoms with E-state index in [-0.39, 0.29) is 0 Å². The summed E-state index contributed by atoms with van der Waals surface area (Å²) in [6, 6.07) is 10.7. The summed E-state index contributed by atoms with van der Waals surface area (Å²) >= 11 is 1.69. The van der Waals surface area contributed by atoms with Gasteiger partial charge in [0.15, 0.2) is 0 Å². The fraction of sp³-hybridized carbons (Fsp3) is 0.471. The zero-order chi connectivity index (χ0) is 15.2. The molecular weight excluding hydrogens is 294 g/mol. The van der Waals surface area contributed by atoms with Crippen LogP contribution >= 0.6 is 11.3 Å². The molecule has 2 N–H and O–H groups in total. The van der Waals surface area contributed by atoms with Gasteiger partial charge >= 0.3 is 0 Å². The molecule has 1 saturated heterocycles. The number of thiazole rings is 1. The van der Waals surface area contributed by atoms with Crippen molar-refractivity contribution >= 4 is 11.3 Å². The molecule has 1 aromatic carbocycles. The van der Waals surface area contributed by atoms with Crippen molar-refractivity contribution in [1.29, 1.82) is 0 Å². The van der Waals surface area contributed by atoms with Gasteiger partial charge in [0.2, 0.25) is 0 Å². The van der Waals surface area contributed by atoms with Crippen LogP contribution in [0.4, 0.5) is 0 Å². The fourth-order valence-electron chi connectivity index (χ4n) is 2.98. The lowest BCUT2D eigenvalue weighted by Crippen LogP contribution is -2.41. The lowest BCUT2D eigenvalue weighted by atomic mass is 10.0. The topological polar surface area (TPSA) is 51.4 Å². The van der Waals surface area contributed by atoms with E-state index in [4.69, 9.17) is 10.5 Å². The molecule has 1 fully saturated rings. The van der Waals surface area contributed by atoms with Crippen LogP contribution in [0.15, 0.2) is 42.0 Å². The van der Waals surface area contributed by atoms with E-state index in [0.717, 1.165) is 25.9 Å². The molecular formula is C17H23N3OS. The van der Waals surface area contributed by atoms with Gasteiger partial charge in [-0.3, -0.25) is 9.88 Å². The Kier molecular flexibility index (Phi) is 5.56. The van der Waals surface area contributed by atoms with E-state index in [0.29, 0.717) is 25.3 Å². The molecule has 118 valence electrons. The van der Waals surface area contributed by atoms with Gasteiger partial charge in [-0.15, -0.1) is 11.3 Å². The Bertz CT molecular complexity index is 538. The van der Waals surface area contributed by atoms with E-state index in [1.807, 2.05) is 17.8 Å². The van der Waals surface area contributed by atoms with Crippen LogP contribution in [0, 0.1) is 0 Å². The summed E-state index contributed by atoms with van der Waals surface area (Å²) in [6.45, 7) is 3.44. The van der Waals surface area contributed by atoms with Crippen molar-refractivity contribution in [3.8, 4) is 0 Å². The highest BCUT2D eigenvalue weighted by molar-refractivity contribution is 7.09. The third-order valence-corrected chi connectivity index (χ3v) is 5.13. The molecule has 1 aliphatic heterocycles. The van der Waals surface area contributed by atoms with Gasteiger partial charge in [0.1, 0.15) is 0 Å². The summed E-state index contributed by atoms with van der Waals surface area (Å²) in [5.41, 5.74) is 9.10. The summed E-state index contributed by atoms with van der Waals surface area (Å²) < 4.78 is 6.05. The van der Waals surface area contributed by atoms with Crippen LogP contribution in [0.5, 0.6) is 0 Å². The van der Waals surface area contributed by atoms with E-state index < -0.39 is 0 Å². The number of hydrogen-bond acceptors (Lipinski definition) is 5. The van der Waals surface area contributed by atoms with Gasteiger partial charge in [0.05, 0.1) is 24.3 Å². The Balaban J connectivity index is 1.48. The maximum absolute atomic E-state index is 6.05. The molecule has 3 rings (SSSR count). The van der Waals surface area contributed by atoms with Crippen molar-refractivity contribution in [1.82, 2.24) is 9.88 Å². The predicted molar refractivity (Wildman–Crippen MR) is 89.7 cm³/mol. The highest BCUT2D eigenvalue weighted by Gasteiger charge is 2.26. The highest BCUT2D eigenvalue weighted by Crippen LogP contribution is 2.27. The summed E-state index contributed by atoms with van der Waals surface area (Å²) in [5, 5.41) is 0. The van der Waals surface area contributed by atoms with Crippen molar-refractivity contribution in [3.05, 3.63) is 52.5 Å². The van der Waals surface area contributed by atoms with Crippen LogP contribution in [0.2, 0.25) is 0 Å². The molecule has 0 amide bonds. The largest absolute Gasteiger partial charge is 0.373 e. The number of likely N-dealkylation sites (tertiary alicyclic amines) is 1. The number of nitrogens with two attached hydrogens (primary N) is 1. The van der Waals surface area contributed by atoms with Crippen LogP contribution in [0.3, 0.4) is 0 Å². The molecule has 0 radical (unpaired) electrons. The predicted octanol–water partition coefficient (Wildman–Crippen LogP) is 2.82. The second-order valence-corrected chi connectivity index (χ2v) is 6.61. The number of rotatable bonds is 6. The van der Waals surface area contributed by atoms with Crippen LogP contribution < -0.4 is 5.73 Å². The van der Waals surface area contributed by atoms with Crippen molar-refractivity contribution < 1.29 is 4.74 Å². The summed E-state index contributed by atoms with van der Waals surface area (Å²) in [6.07, 6.45) is 4.45. The number of aromatic nitrogens is 1. The summed E-state index contributed by atoms with van der Waals surface area (Å²) in [4.78, 5) is 7.91. The maximum atomic E-state index is 6.05. The zero-order valence-electron chi connectivity index (χ0n) is 12.7. The normalized spacial score (nSPS) is 18.4. The van der Waals surface area contributed by atoms with Crippen molar-refractivity contribution in [2.75, 3.05) is 19.6 Å². The minimum atomic E-state index is 0.308. The van der Waals surface area contributed by atoms with Gasteiger partial charge in [0.25, 0.3) is 0 Å². The Morgan fingerprint density at radius 1 is 1.27 bits per heavy atom. The standard InChI is InChI=1S/C17H23N3OS/c18-10-16(17-11-19-13-22-17)20-8-6-15(7-9-20)21-12-14-4-2-1-3-5-14/h1-5,11,13,15-16H,6-10,12,18H2. The molecule has 0 spiro atoms. The second kappa shape index (κ2) is 7.83. The monoisotopic (exact) mass is 317 g/mol. The lowest BCUT2D eigenvalue weighted by Gasteiger charge is -2.36. The van der Waals surface area contributed by atoms with E-state index in [2.05, 4.69) is 34.1 Å². The van der Waals surface area contributed by atoms with E-state index in [1.165, 1.54) is 10.4 Å². The van der Waals surface area contributed by atoms with Gasteiger partial charge < -0.3 is 10.5 Å². The first-order valence-electron chi connectivity index (χ1n) is 7.85. The number of hydrogen-bond donors (Lipinski definition) is 1. The molecule has 1 unspecified atom stereocenters.